The molecule has 1 amide bonds. The van der Waals surface area contributed by atoms with Crippen LogP contribution in [0.2, 0.25) is 0 Å². The molecule has 1 N–H and O–H groups in total. The lowest BCUT2D eigenvalue weighted by molar-refractivity contribution is -0.122. The van der Waals surface area contributed by atoms with E-state index in [1.807, 2.05) is 44.2 Å². The number of methoxy groups -OCH3 is 2. The quantitative estimate of drug-likeness (QED) is 0.383. The number of aryl methyl sites for hydroxylation is 1. The molecule has 1 atom stereocenters. The van der Waals surface area contributed by atoms with Crippen molar-refractivity contribution in [3.63, 3.8) is 0 Å². The molecule has 0 bridgehead atoms. The van der Waals surface area contributed by atoms with Gasteiger partial charge in [-0.2, -0.15) is 4.31 Å². The number of sulfonamides is 1. The number of hydrogen-bond acceptors (Lipinski definition) is 5. The average Bonchev–Trinajstić information content (AvgIpc) is 2.84. The fraction of sp³-hybridized carbons (Fsp3) is 0.269. The van der Waals surface area contributed by atoms with E-state index < -0.39 is 15.9 Å². The minimum absolute atomic E-state index is 0.0572. The summed E-state index contributed by atoms with van der Waals surface area (Å²) in [6.07, 6.45) is 0. The lowest BCUT2D eigenvalue weighted by atomic mass is 10.1. The van der Waals surface area contributed by atoms with Gasteiger partial charge in [0, 0.05) is 11.0 Å². The van der Waals surface area contributed by atoms with Crippen LogP contribution in [0.4, 0.5) is 0 Å². The van der Waals surface area contributed by atoms with E-state index in [-0.39, 0.29) is 24.0 Å². The van der Waals surface area contributed by atoms with Crippen LogP contribution >= 0.6 is 15.9 Å². The standard InChI is InChI=1S/C26H29BrN2O5S/c1-18-5-12-23(13-6-18)35(31,32)29(16-20-7-10-22(27)11-8-20)17-26(30)28-19(2)21-9-14-24(33-3)25(15-21)34-4/h5-15,19H,16-17H2,1-4H3,(H,28,30)/t19-/m1/s1. The van der Waals surface area contributed by atoms with E-state index in [0.29, 0.717) is 11.5 Å². The Kier molecular flexibility index (Phi) is 8.93. The number of carbonyl (C=O) groups is 1. The van der Waals surface area contributed by atoms with Gasteiger partial charge in [-0.15, -0.1) is 0 Å². The second-order valence-electron chi connectivity index (χ2n) is 8.12. The zero-order chi connectivity index (χ0) is 25.6. The molecule has 0 saturated carbocycles. The Hall–Kier alpha value is -2.88. The van der Waals surface area contributed by atoms with E-state index in [1.165, 1.54) is 4.31 Å². The fourth-order valence-electron chi connectivity index (χ4n) is 3.53. The predicted octanol–water partition coefficient (Wildman–Crippen LogP) is 4.84. The third-order valence-corrected chi connectivity index (χ3v) is 7.87. The van der Waals surface area contributed by atoms with Gasteiger partial charge in [0.15, 0.2) is 11.5 Å². The molecule has 3 rings (SSSR count). The highest BCUT2D eigenvalue weighted by Crippen LogP contribution is 2.30. The van der Waals surface area contributed by atoms with E-state index in [2.05, 4.69) is 21.2 Å². The maximum atomic E-state index is 13.5. The molecule has 0 aliphatic carbocycles. The van der Waals surface area contributed by atoms with E-state index in [0.717, 1.165) is 21.2 Å². The number of hydrogen-bond donors (Lipinski definition) is 1. The molecule has 0 saturated heterocycles. The molecule has 0 aliphatic heterocycles. The van der Waals surface area contributed by atoms with Crippen molar-refractivity contribution in [2.24, 2.45) is 0 Å². The minimum Gasteiger partial charge on any atom is -0.493 e. The molecule has 0 spiro atoms. The molecular formula is C26H29BrN2O5S. The summed E-state index contributed by atoms with van der Waals surface area (Å²) in [5.74, 6) is 0.713. The van der Waals surface area contributed by atoms with Gasteiger partial charge >= 0.3 is 0 Å². The number of amides is 1. The monoisotopic (exact) mass is 560 g/mol. The lowest BCUT2D eigenvalue weighted by Crippen LogP contribution is -2.41. The van der Waals surface area contributed by atoms with Gasteiger partial charge in [-0.3, -0.25) is 4.79 Å². The first-order chi connectivity index (χ1) is 16.6. The van der Waals surface area contributed by atoms with Gasteiger partial charge in [0.05, 0.1) is 31.7 Å². The maximum Gasteiger partial charge on any atom is 0.243 e. The Morgan fingerprint density at radius 2 is 1.60 bits per heavy atom. The summed E-state index contributed by atoms with van der Waals surface area (Å²) >= 11 is 3.39. The van der Waals surface area contributed by atoms with Crippen LogP contribution in [0.1, 0.15) is 29.7 Å². The van der Waals surface area contributed by atoms with Crippen molar-refractivity contribution in [1.29, 1.82) is 0 Å². The minimum atomic E-state index is -3.92. The highest BCUT2D eigenvalue weighted by atomic mass is 79.9. The van der Waals surface area contributed by atoms with Crippen molar-refractivity contribution in [2.45, 2.75) is 31.3 Å². The number of nitrogens with one attached hydrogen (secondary N) is 1. The number of benzene rings is 3. The molecule has 0 aliphatic rings. The molecule has 7 nitrogen and oxygen atoms in total. The first-order valence-electron chi connectivity index (χ1n) is 11.0. The second kappa shape index (κ2) is 11.7. The number of carbonyl (C=O) groups excluding carboxylic acids is 1. The molecule has 0 unspecified atom stereocenters. The number of nitrogens with zero attached hydrogens (tertiary/aromatic N) is 1. The van der Waals surface area contributed by atoms with Crippen LogP contribution in [-0.2, 0) is 21.4 Å². The van der Waals surface area contributed by atoms with Crippen molar-refractivity contribution in [1.82, 2.24) is 9.62 Å². The summed E-state index contributed by atoms with van der Waals surface area (Å²) in [5.41, 5.74) is 2.52. The normalized spacial score (nSPS) is 12.3. The van der Waals surface area contributed by atoms with Gasteiger partial charge < -0.3 is 14.8 Å². The molecule has 0 fully saturated rings. The van der Waals surface area contributed by atoms with Crippen LogP contribution in [-0.4, -0.2) is 39.4 Å². The maximum absolute atomic E-state index is 13.5. The topological polar surface area (TPSA) is 84.9 Å². The Labute approximate surface area is 215 Å². The van der Waals surface area contributed by atoms with E-state index >= 15 is 0 Å². The predicted molar refractivity (Wildman–Crippen MR) is 139 cm³/mol. The summed E-state index contributed by atoms with van der Waals surface area (Å²) in [4.78, 5) is 13.2. The Balaban J connectivity index is 1.83. The zero-order valence-corrected chi connectivity index (χ0v) is 22.5. The number of ether oxygens (including phenoxy) is 2. The highest BCUT2D eigenvalue weighted by Gasteiger charge is 2.27. The Morgan fingerprint density at radius 1 is 0.971 bits per heavy atom. The molecule has 3 aromatic rings. The first-order valence-corrected chi connectivity index (χ1v) is 13.2. The van der Waals surface area contributed by atoms with E-state index in [1.54, 1.807) is 50.6 Å². The van der Waals surface area contributed by atoms with E-state index in [4.69, 9.17) is 9.47 Å². The molecular weight excluding hydrogens is 532 g/mol. The van der Waals surface area contributed by atoms with Crippen LogP contribution in [0.5, 0.6) is 11.5 Å². The van der Waals surface area contributed by atoms with Crippen molar-refractivity contribution >= 4 is 31.9 Å². The largest absolute Gasteiger partial charge is 0.493 e. The summed E-state index contributed by atoms with van der Waals surface area (Å²) in [6, 6.07) is 18.9. The smallest absolute Gasteiger partial charge is 0.243 e. The Morgan fingerprint density at radius 3 is 2.20 bits per heavy atom. The van der Waals surface area contributed by atoms with Crippen LogP contribution in [0.15, 0.2) is 76.1 Å². The SMILES string of the molecule is COc1ccc([C@@H](C)NC(=O)CN(Cc2ccc(Br)cc2)S(=O)(=O)c2ccc(C)cc2)cc1OC. The molecule has 186 valence electrons. The third-order valence-electron chi connectivity index (χ3n) is 5.54. The summed E-state index contributed by atoms with van der Waals surface area (Å²) in [7, 11) is -0.822. The van der Waals surface area contributed by atoms with Gasteiger partial charge in [-0.05, 0) is 61.4 Å². The molecule has 35 heavy (non-hydrogen) atoms. The second-order valence-corrected chi connectivity index (χ2v) is 11.0. The van der Waals surface area contributed by atoms with Crippen LogP contribution in [0, 0.1) is 6.92 Å². The van der Waals surface area contributed by atoms with Gasteiger partial charge in [-0.25, -0.2) is 8.42 Å². The van der Waals surface area contributed by atoms with Gasteiger partial charge in [-0.1, -0.05) is 51.8 Å². The molecule has 9 heteroatoms. The number of rotatable bonds is 10. The van der Waals surface area contributed by atoms with Gasteiger partial charge in [0.25, 0.3) is 0 Å². The summed E-state index contributed by atoms with van der Waals surface area (Å²) < 4.78 is 39.6. The number of halogens is 1. The van der Waals surface area contributed by atoms with Gasteiger partial charge in [0.2, 0.25) is 15.9 Å². The van der Waals surface area contributed by atoms with Crippen LogP contribution < -0.4 is 14.8 Å². The summed E-state index contributed by atoms with van der Waals surface area (Å²) in [5, 5.41) is 2.89. The van der Waals surface area contributed by atoms with Gasteiger partial charge in [0.1, 0.15) is 0 Å². The fourth-order valence-corrected chi connectivity index (χ4v) is 5.18. The Bertz CT molecular complexity index is 1260. The molecule has 3 aromatic carbocycles. The van der Waals surface area contributed by atoms with Crippen molar-refractivity contribution in [3.05, 3.63) is 87.9 Å². The van der Waals surface area contributed by atoms with Crippen molar-refractivity contribution in [3.8, 4) is 11.5 Å². The third kappa shape index (κ3) is 6.84. The zero-order valence-electron chi connectivity index (χ0n) is 20.1. The van der Waals surface area contributed by atoms with E-state index in [9.17, 15) is 13.2 Å². The first kappa shape index (κ1) is 26.7. The average molecular weight is 561 g/mol. The van der Waals surface area contributed by atoms with Crippen molar-refractivity contribution in [2.75, 3.05) is 20.8 Å². The highest BCUT2D eigenvalue weighted by molar-refractivity contribution is 9.10. The molecule has 0 aromatic heterocycles. The van der Waals surface area contributed by atoms with Crippen molar-refractivity contribution < 1.29 is 22.7 Å². The van der Waals surface area contributed by atoms with Crippen LogP contribution in [0.25, 0.3) is 0 Å². The van der Waals surface area contributed by atoms with Crippen LogP contribution in [0.3, 0.4) is 0 Å². The molecule has 0 radical (unpaired) electrons. The molecule has 0 heterocycles. The lowest BCUT2D eigenvalue weighted by Gasteiger charge is -2.23. The summed E-state index contributed by atoms with van der Waals surface area (Å²) in [6.45, 7) is 3.44.